The van der Waals surface area contributed by atoms with Gasteiger partial charge in [0.1, 0.15) is 0 Å². The van der Waals surface area contributed by atoms with Crippen molar-refractivity contribution in [3.63, 3.8) is 0 Å². The van der Waals surface area contributed by atoms with Crippen LogP contribution >= 0.6 is 0 Å². The molecule has 1 aliphatic rings. The number of hydrogen-bond acceptors (Lipinski definition) is 3. The molecule has 4 nitrogen and oxygen atoms in total. The summed E-state index contributed by atoms with van der Waals surface area (Å²) < 4.78 is 5.86. The van der Waals surface area contributed by atoms with Crippen molar-refractivity contribution in [3.05, 3.63) is 35.4 Å². The highest BCUT2D eigenvalue weighted by molar-refractivity contribution is 5.76. The van der Waals surface area contributed by atoms with Crippen LogP contribution in [-0.2, 0) is 16.0 Å². The second-order valence-corrected chi connectivity index (χ2v) is 6.50. The average molecular weight is 290 g/mol. The highest BCUT2D eigenvalue weighted by Gasteiger charge is 2.34. The van der Waals surface area contributed by atoms with Crippen molar-refractivity contribution in [3.8, 4) is 0 Å². The first-order valence-electron chi connectivity index (χ1n) is 7.61. The maximum Gasteiger partial charge on any atom is 0.223 e. The molecule has 1 atom stereocenters. The molecule has 0 aliphatic carbocycles. The van der Waals surface area contributed by atoms with Crippen molar-refractivity contribution in [2.24, 2.45) is 5.73 Å². The Kier molecular flexibility index (Phi) is 5.01. The maximum absolute atomic E-state index is 12.4. The number of hydrogen-bond donors (Lipinski definition) is 1. The molecule has 0 spiro atoms. The van der Waals surface area contributed by atoms with Crippen LogP contribution in [0.4, 0.5) is 0 Å². The number of rotatable bonds is 4. The van der Waals surface area contributed by atoms with E-state index in [9.17, 15) is 4.79 Å². The maximum atomic E-state index is 12.4. The van der Waals surface area contributed by atoms with E-state index in [0.717, 1.165) is 6.42 Å². The lowest BCUT2D eigenvalue weighted by molar-refractivity contribution is -0.159. The summed E-state index contributed by atoms with van der Waals surface area (Å²) in [6.45, 7) is 7.78. The van der Waals surface area contributed by atoms with Crippen molar-refractivity contribution < 1.29 is 9.53 Å². The van der Waals surface area contributed by atoms with Gasteiger partial charge in [-0.25, -0.2) is 0 Å². The molecule has 1 aliphatic heterocycles. The molecular formula is C17H26N2O2. The molecule has 1 aromatic carbocycles. The molecule has 2 rings (SSSR count). The van der Waals surface area contributed by atoms with E-state index in [-0.39, 0.29) is 17.6 Å². The molecule has 0 aromatic heterocycles. The van der Waals surface area contributed by atoms with Crippen LogP contribution in [0.1, 0.15) is 31.4 Å². The second-order valence-electron chi connectivity index (χ2n) is 6.50. The minimum atomic E-state index is -0.318. The second kappa shape index (κ2) is 6.58. The normalized spacial score (nSPS) is 21.3. The summed E-state index contributed by atoms with van der Waals surface area (Å²) >= 11 is 0. The molecule has 4 heteroatoms. The van der Waals surface area contributed by atoms with Crippen LogP contribution < -0.4 is 5.73 Å². The molecule has 1 aromatic rings. The van der Waals surface area contributed by atoms with Gasteiger partial charge in [-0.3, -0.25) is 4.79 Å². The molecule has 1 amide bonds. The molecular weight excluding hydrogens is 264 g/mol. The molecule has 0 radical (unpaired) electrons. The van der Waals surface area contributed by atoms with Gasteiger partial charge >= 0.3 is 0 Å². The van der Waals surface area contributed by atoms with E-state index in [4.69, 9.17) is 10.5 Å². The van der Waals surface area contributed by atoms with Gasteiger partial charge in [0.25, 0.3) is 0 Å². The molecule has 21 heavy (non-hydrogen) atoms. The highest BCUT2D eigenvalue weighted by Crippen LogP contribution is 2.21. The fourth-order valence-electron chi connectivity index (χ4n) is 2.89. The molecule has 0 bridgehead atoms. The molecule has 1 unspecified atom stereocenters. The van der Waals surface area contributed by atoms with Gasteiger partial charge in [-0.15, -0.1) is 0 Å². The first-order chi connectivity index (χ1) is 9.89. The molecule has 2 N–H and O–H groups in total. The van der Waals surface area contributed by atoms with Crippen LogP contribution in [0.25, 0.3) is 0 Å². The standard InChI is InChI=1S/C17H26N2O2/c1-13-5-4-6-14(9-13)7-8-16(20)19-11-15(10-18)21-17(2,3)12-19/h4-6,9,15H,7-8,10-12,18H2,1-3H3. The quantitative estimate of drug-likeness (QED) is 0.921. The van der Waals surface area contributed by atoms with Gasteiger partial charge in [0, 0.05) is 26.1 Å². The number of nitrogens with zero attached hydrogens (tertiary/aromatic N) is 1. The fraction of sp³-hybridized carbons (Fsp3) is 0.588. The number of morpholine rings is 1. The number of carbonyl (C=O) groups is 1. The summed E-state index contributed by atoms with van der Waals surface area (Å²) in [6, 6.07) is 8.32. The zero-order chi connectivity index (χ0) is 15.5. The Hall–Kier alpha value is -1.39. The largest absolute Gasteiger partial charge is 0.367 e. The number of benzene rings is 1. The number of aryl methyl sites for hydroxylation is 2. The molecule has 1 saturated heterocycles. The van der Waals surface area contributed by atoms with E-state index in [1.807, 2.05) is 24.8 Å². The molecule has 116 valence electrons. The Balaban J connectivity index is 1.93. The topological polar surface area (TPSA) is 55.6 Å². The number of amides is 1. The SMILES string of the molecule is Cc1cccc(CCC(=O)N2CC(CN)OC(C)(C)C2)c1. The number of carbonyl (C=O) groups excluding carboxylic acids is 1. The number of ether oxygens (including phenoxy) is 1. The minimum absolute atomic E-state index is 0.0586. The number of nitrogens with two attached hydrogens (primary N) is 1. The van der Waals surface area contributed by atoms with Gasteiger partial charge in [-0.2, -0.15) is 0 Å². The lowest BCUT2D eigenvalue weighted by Gasteiger charge is -2.42. The van der Waals surface area contributed by atoms with Gasteiger partial charge in [-0.1, -0.05) is 29.8 Å². The van der Waals surface area contributed by atoms with Crippen molar-refractivity contribution >= 4 is 5.91 Å². The highest BCUT2D eigenvalue weighted by atomic mass is 16.5. The third-order valence-electron chi connectivity index (χ3n) is 3.81. The van der Waals surface area contributed by atoms with Crippen molar-refractivity contribution in [2.75, 3.05) is 19.6 Å². The van der Waals surface area contributed by atoms with Gasteiger partial charge in [-0.05, 0) is 32.8 Å². The van der Waals surface area contributed by atoms with Gasteiger partial charge in [0.05, 0.1) is 11.7 Å². The third-order valence-corrected chi connectivity index (χ3v) is 3.81. The van der Waals surface area contributed by atoms with E-state index in [0.29, 0.717) is 26.1 Å². The van der Waals surface area contributed by atoms with E-state index < -0.39 is 0 Å². The summed E-state index contributed by atoms with van der Waals surface area (Å²) in [5, 5.41) is 0. The summed E-state index contributed by atoms with van der Waals surface area (Å²) in [7, 11) is 0. The van der Waals surface area contributed by atoms with E-state index in [2.05, 4.69) is 25.1 Å². The predicted octanol–water partition coefficient (Wildman–Crippen LogP) is 1.89. The third kappa shape index (κ3) is 4.55. The zero-order valence-corrected chi connectivity index (χ0v) is 13.3. The Morgan fingerprint density at radius 2 is 2.24 bits per heavy atom. The fourth-order valence-corrected chi connectivity index (χ4v) is 2.89. The lowest BCUT2D eigenvalue weighted by Crippen LogP contribution is -2.56. The minimum Gasteiger partial charge on any atom is -0.367 e. The van der Waals surface area contributed by atoms with Gasteiger partial charge < -0.3 is 15.4 Å². The Morgan fingerprint density at radius 1 is 1.48 bits per heavy atom. The summed E-state index contributed by atoms with van der Waals surface area (Å²) in [5.41, 5.74) is 7.83. The summed E-state index contributed by atoms with van der Waals surface area (Å²) in [4.78, 5) is 14.3. The Bertz CT molecular complexity index is 499. The molecule has 1 heterocycles. The average Bonchev–Trinajstić information content (AvgIpc) is 2.43. The monoisotopic (exact) mass is 290 g/mol. The first kappa shape index (κ1) is 16.0. The van der Waals surface area contributed by atoms with E-state index in [1.54, 1.807) is 0 Å². The van der Waals surface area contributed by atoms with Crippen molar-refractivity contribution in [1.29, 1.82) is 0 Å². The van der Waals surface area contributed by atoms with Crippen molar-refractivity contribution in [1.82, 2.24) is 4.90 Å². The van der Waals surface area contributed by atoms with Crippen LogP contribution in [0.5, 0.6) is 0 Å². The van der Waals surface area contributed by atoms with Crippen LogP contribution in [0, 0.1) is 6.92 Å². The Labute approximate surface area is 127 Å². The van der Waals surface area contributed by atoms with Crippen LogP contribution in [0.2, 0.25) is 0 Å². The molecule has 1 fully saturated rings. The van der Waals surface area contributed by atoms with Crippen LogP contribution in [0.15, 0.2) is 24.3 Å². The lowest BCUT2D eigenvalue weighted by atomic mass is 10.0. The first-order valence-corrected chi connectivity index (χ1v) is 7.61. The summed E-state index contributed by atoms with van der Waals surface area (Å²) in [6.07, 6.45) is 1.26. The van der Waals surface area contributed by atoms with Crippen LogP contribution in [-0.4, -0.2) is 42.1 Å². The van der Waals surface area contributed by atoms with E-state index in [1.165, 1.54) is 11.1 Å². The van der Waals surface area contributed by atoms with Gasteiger partial charge in [0.2, 0.25) is 5.91 Å². The van der Waals surface area contributed by atoms with E-state index >= 15 is 0 Å². The van der Waals surface area contributed by atoms with Crippen molar-refractivity contribution in [2.45, 2.75) is 45.3 Å². The molecule has 0 saturated carbocycles. The van der Waals surface area contributed by atoms with Crippen LogP contribution in [0.3, 0.4) is 0 Å². The Morgan fingerprint density at radius 3 is 2.90 bits per heavy atom. The predicted molar refractivity (Wildman–Crippen MR) is 84.1 cm³/mol. The smallest absolute Gasteiger partial charge is 0.223 e. The zero-order valence-electron chi connectivity index (χ0n) is 13.3. The van der Waals surface area contributed by atoms with Gasteiger partial charge in [0.15, 0.2) is 0 Å². The summed E-state index contributed by atoms with van der Waals surface area (Å²) in [5.74, 6) is 0.186.